The van der Waals surface area contributed by atoms with Crippen LogP contribution in [0, 0.1) is 18.3 Å². The molecule has 0 spiro atoms. The lowest BCUT2D eigenvalue weighted by Crippen LogP contribution is -2.48. The lowest BCUT2D eigenvalue weighted by molar-refractivity contribution is -0.123. The Morgan fingerprint density at radius 1 is 1.33 bits per heavy atom. The van der Waals surface area contributed by atoms with E-state index in [4.69, 9.17) is 10.2 Å². The summed E-state index contributed by atoms with van der Waals surface area (Å²) in [6, 6.07) is 1.95. The van der Waals surface area contributed by atoms with Crippen LogP contribution in [0.5, 0.6) is 0 Å². The summed E-state index contributed by atoms with van der Waals surface area (Å²) in [4.78, 5) is 25.7. The number of primary amides is 1. The van der Waals surface area contributed by atoms with Crippen LogP contribution in [-0.4, -0.2) is 29.9 Å². The molecule has 0 radical (unpaired) electrons. The molecule has 0 bridgehead atoms. The largest absolute Gasteiger partial charge is 0.466 e. The third-order valence-electron chi connectivity index (χ3n) is 5.22. The molecule has 2 heterocycles. The quantitative estimate of drug-likeness (QED) is 0.871. The number of aryl methyl sites for hydroxylation is 1. The molecule has 2 aliphatic rings. The molecular weight excluding hydrogens is 306 g/mol. The number of nitrogens with zero attached hydrogens (tertiary/aromatic N) is 1. The van der Waals surface area contributed by atoms with Crippen molar-refractivity contribution in [2.24, 2.45) is 17.1 Å². The molecule has 1 saturated heterocycles. The van der Waals surface area contributed by atoms with Gasteiger partial charge in [0.2, 0.25) is 5.91 Å². The molecule has 3 rings (SSSR count). The van der Waals surface area contributed by atoms with E-state index in [2.05, 4.69) is 19.2 Å². The first-order valence-electron chi connectivity index (χ1n) is 8.69. The van der Waals surface area contributed by atoms with Gasteiger partial charge in [-0.2, -0.15) is 0 Å². The number of piperidine rings is 1. The Morgan fingerprint density at radius 3 is 2.62 bits per heavy atom. The van der Waals surface area contributed by atoms with Gasteiger partial charge in [0.25, 0.3) is 0 Å². The normalized spacial score (nSPS) is 23.6. The molecule has 1 atom stereocenters. The van der Waals surface area contributed by atoms with Gasteiger partial charge in [-0.3, -0.25) is 4.79 Å². The predicted octanol–water partition coefficient (Wildman–Crippen LogP) is 2.51. The van der Waals surface area contributed by atoms with Crippen molar-refractivity contribution >= 4 is 11.9 Å². The van der Waals surface area contributed by atoms with E-state index in [1.54, 1.807) is 4.90 Å². The molecule has 1 aliphatic heterocycles. The number of furan rings is 1. The van der Waals surface area contributed by atoms with Crippen molar-refractivity contribution in [2.45, 2.75) is 52.5 Å². The van der Waals surface area contributed by atoms with Crippen LogP contribution in [0.3, 0.4) is 0 Å². The molecule has 0 saturated carbocycles. The smallest absolute Gasteiger partial charge is 0.317 e. The minimum Gasteiger partial charge on any atom is -0.466 e. The summed E-state index contributed by atoms with van der Waals surface area (Å²) < 4.78 is 5.82. The van der Waals surface area contributed by atoms with Crippen LogP contribution < -0.4 is 11.1 Å². The van der Waals surface area contributed by atoms with Crippen molar-refractivity contribution in [3.8, 4) is 0 Å². The van der Waals surface area contributed by atoms with E-state index in [0.717, 1.165) is 29.9 Å². The minimum absolute atomic E-state index is 0.0254. The predicted molar refractivity (Wildman–Crippen MR) is 90.3 cm³/mol. The summed E-state index contributed by atoms with van der Waals surface area (Å²) in [6.07, 6.45) is 3.08. The van der Waals surface area contributed by atoms with Crippen LogP contribution in [0.2, 0.25) is 0 Å². The van der Waals surface area contributed by atoms with E-state index in [0.29, 0.717) is 25.9 Å². The number of urea groups is 1. The van der Waals surface area contributed by atoms with Crippen LogP contribution in [-0.2, 0) is 11.2 Å². The van der Waals surface area contributed by atoms with E-state index >= 15 is 0 Å². The molecule has 6 heteroatoms. The van der Waals surface area contributed by atoms with Crippen LogP contribution in [0.25, 0.3) is 0 Å². The fraction of sp³-hybridized carbons (Fsp3) is 0.667. The Labute approximate surface area is 142 Å². The highest BCUT2D eigenvalue weighted by molar-refractivity contribution is 5.78. The average molecular weight is 333 g/mol. The highest BCUT2D eigenvalue weighted by Crippen LogP contribution is 2.42. The van der Waals surface area contributed by atoms with Crippen LogP contribution in [0.1, 0.15) is 56.2 Å². The van der Waals surface area contributed by atoms with Crippen molar-refractivity contribution in [1.82, 2.24) is 10.2 Å². The van der Waals surface area contributed by atoms with Crippen molar-refractivity contribution < 1.29 is 14.0 Å². The van der Waals surface area contributed by atoms with Gasteiger partial charge in [0.05, 0.1) is 6.04 Å². The van der Waals surface area contributed by atoms with Gasteiger partial charge in [0.1, 0.15) is 11.5 Å². The van der Waals surface area contributed by atoms with E-state index in [-0.39, 0.29) is 29.3 Å². The molecule has 1 aliphatic carbocycles. The van der Waals surface area contributed by atoms with Crippen LogP contribution in [0.4, 0.5) is 4.79 Å². The van der Waals surface area contributed by atoms with Gasteiger partial charge in [-0.05, 0) is 37.7 Å². The van der Waals surface area contributed by atoms with E-state index < -0.39 is 0 Å². The number of amides is 3. The van der Waals surface area contributed by atoms with Crippen LogP contribution in [0.15, 0.2) is 10.5 Å². The zero-order valence-electron chi connectivity index (χ0n) is 14.7. The van der Waals surface area contributed by atoms with Crippen molar-refractivity contribution in [2.75, 3.05) is 13.1 Å². The number of hydrogen-bond donors (Lipinski definition) is 2. The Bertz CT molecular complexity index is 642. The molecule has 1 aromatic heterocycles. The Kier molecular flexibility index (Phi) is 4.32. The number of carbonyl (C=O) groups excluding carboxylic acids is 2. The lowest BCUT2D eigenvalue weighted by atomic mass is 9.75. The highest BCUT2D eigenvalue weighted by Gasteiger charge is 2.36. The molecule has 1 fully saturated rings. The minimum atomic E-state index is -0.261. The molecule has 1 aromatic rings. The van der Waals surface area contributed by atoms with Gasteiger partial charge in [-0.1, -0.05) is 13.8 Å². The second kappa shape index (κ2) is 6.15. The second-order valence-corrected chi connectivity index (χ2v) is 7.95. The monoisotopic (exact) mass is 333 g/mol. The summed E-state index contributed by atoms with van der Waals surface area (Å²) in [5.41, 5.74) is 6.55. The molecule has 3 N–H and O–H groups in total. The Morgan fingerprint density at radius 2 is 2.00 bits per heavy atom. The molecule has 6 nitrogen and oxygen atoms in total. The Balaban J connectivity index is 1.67. The van der Waals surface area contributed by atoms with Gasteiger partial charge in [-0.15, -0.1) is 0 Å². The van der Waals surface area contributed by atoms with E-state index in [1.165, 1.54) is 0 Å². The first-order chi connectivity index (χ1) is 11.2. The maximum Gasteiger partial charge on any atom is 0.317 e. The van der Waals surface area contributed by atoms with Crippen molar-refractivity contribution in [1.29, 1.82) is 0 Å². The number of carbonyl (C=O) groups is 2. The summed E-state index contributed by atoms with van der Waals surface area (Å²) in [7, 11) is 0. The highest BCUT2D eigenvalue weighted by atomic mass is 16.3. The number of nitrogens with one attached hydrogen (secondary N) is 1. The van der Waals surface area contributed by atoms with Gasteiger partial charge in [0, 0.05) is 31.0 Å². The standard InChI is InChI=1S/C18H27N3O3/c1-11-8-13-14(9-18(2,3)10-15(13)24-11)20-17(23)21-6-4-12(5-7-21)16(19)22/h8,12,14H,4-7,9-10H2,1-3H3,(H2,19,22)(H,20,23). The summed E-state index contributed by atoms with van der Waals surface area (Å²) in [5, 5.41) is 3.17. The third-order valence-corrected chi connectivity index (χ3v) is 5.22. The fourth-order valence-electron chi connectivity index (χ4n) is 3.92. The van der Waals surface area contributed by atoms with E-state index in [1.807, 2.05) is 13.0 Å². The third kappa shape index (κ3) is 3.42. The molecular formula is C18H27N3O3. The lowest BCUT2D eigenvalue weighted by Gasteiger charge is -2.37. The van der Waals surface area contributed by atoms with Crippen molar-refractivity contribution in [3.05, 3.63) is 23.2 Å². The van der Waals surface area contributed by atoms with Crippen molar-refractivity contribution in [3.63, 3.8) is 0 Å². The second-order valence-electron chi connectivity index (χ2n) is 7.95. The maximum absolute atomic E-state index is 12.6. The number of hydrogen-bond acceptors (Lipinski definition) is 3. The average Bonchev–Trinajstić information content (AvgIpc) is 2.86. The fourth-order valence-corrected chi connectivity index (χ4v) is 3.92. The topological polar surface area (TPSA) is 88.6 Å². The summed E-state index contributed by atoms with van der Waals surface area (Å²) in [6.45, 7) is 7.50. The van der Waals surface area contributed by atoms with Gasteiger partial charge in [0.15, 0.2) is 0 Å². The number of rotatable bonds is 2. The van der Waals surface area contributed by atoms with Gasteiger partial charge >= 0.3 is 6.03 Å². The van der Waals surface area contributed by atoms with E-state index in [9.17, 15) is 9.59 Å². The summed E-state index contributed by atoms with van der Waals surface area (Å²) in [5.74, 6) is 1.51. The number of fused-ring (bicyclic) bond motifs is 1. The van der Waals surface area contributed by atoms with Crippen LogP contribution >= 0.6 is 0 Å². The van der Waals surface area contributed by atoms with Gasteiger partial charge in [-0.25, -0.2) is 4.79 Å². The molecule has 3 amide bonds. The first kappa shape index (κ1) is 16.9. The maximum atomic E-state index is 12.6. The molecule has 132 valence electrons. The molecule has 0 aromatic carbocycles. The zero-order chi connectivity index (χ0) is 17.5. The van der Waals surface area contributed by atoms with Gasteiger partial charge < -0.3 is 20.4 Å². The first-order valence-corrected chi connectivity index (χ1v) is 8.69. The molecule has 1 unspecified atom stereocenters. The number of likely N-dealkylation sites (tertiary alicyclic amines) is 1. The SMILES string of the molecule is Cc1cc2c(o1)CC(C)(C)CC2NC(=O)N1CCC(C(N)=O)CC1. The zero-order valence-corrected chi connectivity index (χ0v) is 14.7. The summed E-state index contributed by atoms with van der Waals surface area (Å²) >= 11 is 0. The Hall–Kier alpha value is -1.98. The number of nitrogens with two attached hydrogens (primary N) is 1. The molecule has 24 heavy (non-hydrogen) atoms.